The number of rotatable bonds is 1. The minimum Gasteiger partial charge on any atom is -0.325 e. The van der Waals surface area contributed by atoms with Crippen molar-refractivity contribution in [2.24, 2.45) is 7.05 Å². The normalized spacial score (nSPS) is 10.1. The lowest BCUT2D eigenvalue weighted by Gasteiger charge is -1.94. The van der Waals surface area contributed by atoms with Crippen molar-refractivity contribution >= 4 is 0 Å². The summed E-state index contributed by atoms with van der Waals surface area (Å²) in [6.07, 6.45) is 1.89. The van der Waals surface area contributed by atoms with Crippen LogP contribution in [0.25, 0.3) is 0 Å². The number of hydrogen-bond acceptors (Lipinski definition) is 2. The fourth-order valence-corrected chi connectivity index (χ4v) is 0.872. The number of nitrogens with zero attached hydrogens (tertiary/aromatic N) is 3. The first kappa shape index (κ1) is 7.80. The van der Waals surface area contributed by atoms with Crippen LogP contribution in [0.3, 0.4) is 0 Å². The number of imidazole rings is 1. The zero-order chi connectivity index (χ0) is 8.43. The topological polar surface area (TPSA) is 41.6 Å². The molecule has 0 unspecified atom stereocenters. The Hall–Kier alpha value is -1.30. The maximum Gasteiger partial charge on any atom is 0.212 e. The molecule has 1 rings (SSSR count). The largest absolute Gasteiger partial charge is 0.325 e. The van der Waals surface area contributed by atoms with Gasteiger partial charge < -0.3 is 4.57 Å². The van der Waals surface area contributed by atoms with Gasteiger partial charge in [0, 0.05) is 13.2 Å². The van der Waals surface area contributed by atoms with E-state index in [1.54, 1.807) is 4.57 Å². The van der Waals surface area contributed by atoms with E-state index in [4.69, 9.17) is 5.26 Å². The van der Waals surface area contributed by atoms with Crippen LogP contribution in [-0.4, -0.2) is 9.55 Å². The van der Waals surface area contributed by atoms with Crippen LogP contribution in [-0.2, 0) is 7.05 Å². The second-order valence-electron chi connectivity index (χ2n) is 2.87. The summed E-state index contributed by atoms with van der Waals surface area (Å²) in [5, 5.41) is 8.58. The first-order valence-corrected chi connectivity index (χ1v) is 3.58. The summed E-state index contributed by atoms with van der Waals surface area (Å²) in [5.74, 6) is 0.872. The number of hydrogen-bond donors (Lipinski definition) is 0. The van der Waals surface area contributed by atoms with Crippen molar-refractivity contribution in [2.45, 2.75) is 19.8 Å². The first-order chi connectivity index (χ1) is 5.15. The summed E-state index contributed by atoms with van der Waals surface area (Å²) in [7, 11) is 1.83. The summed E-state index contributed by atoms with van der Waals surface area (Å²) in [4.78, 5) is 4.13. The number of aromatic nitrogens is 2. The van der Waals surface area contributed by atoms with Gasteiger partial charge in [-0.3, -0.25) is 0 Å². The summed E-state index contributed by atoms with van der Waals surface area (Å²) in [6.45, 7) is 4.12. The molecule has 0 aromatic carbocycles. The molecule has 0 atom stereocenters. The lowest BCUT2D eigenvalue weighted by molar-refractivity contribution is 0.829. The average molecular weight is 149 g/mol. The van der Waals surface area contributed by atoms with Crippen LogP contribution in [0.15, 0.2) is 6.20 Å². The molecule has 0 aliphatic heterocycles. The molecular formula is C8H11N3. The van der Waals surface area contributed by atoms with Gasteiger partial charge in [-0.15, -0.1) is 0 Å². The Morgan fingerprint density at radius 2 is 2.27 bits per heavy atom. The standard InChI is InChI=1S/C8H11N3/c1-6(2)7-5-11(3)8(4-9)10-7/h5-6H,1-3H3. The Morgan fingerprint density at radius 3 is 2.55 bits per heavy atom. The van der Waals surface area contributed by atoms with E-state index in [1.807, 2.05) is 19.3 Å². The van der Waals surface area contributed by atoms with Crippen molar-refractivity contribution in [3.05, 3.63) is 17.7 Å². The molecule has 11 heavy (non-hydrogen) atoms. The maximum atomic E-state index is 8.58. The Bertz CT molecular complexity index is 291. The predicted molar refractivity (Wildman–Crippen MR) is 42.0 cm³/mol. The molecule has 0 spiro atoms. The lowest BCUT2D eigenvalue weighted by Crippen LogP contribution is -1.89. The highest BCUT2D eigenvalue weighted by Gasteiger charge is 2.06. The molecule has 0 radical (unpaired) electrons. The van der Waals surface area contributed by atoms with Crippen molar-refractivity contribution in [3.63, 3.8) is 0 Å². The van der Waals surface area contributed by atoms with E-state index in [2.05, 4.69) is 18.8 Å². The smallest absolute Gasteiger partial charge is 0.212 e. The molecule has 0 bridgehead atoms. The van der Waals surface area contributed by atoms with Gasteiger partial charge in [0.05, 0.1) is 5.69 Å². The first-order valence-electron chi connectivity index (χ1n) is 3.58. The molecular weight excluding hydrogens is 138 g/mol. The Kier molecular flexibility index (Phi) is 1.95. The van der Waals surface area contributed by atoms with E-state index in [9.17, 15) is 0 Å². The quantitative estimate of drug-likeness (QED) is 0.605. The Morgan fingerprint density at radius 1 is 1.64 bits per heavy atom. The van der Waals surface area contributed by atoms with Gasteiger partial charge in [0.15, 0.2) is 0 Å². The summed E-state index contributed by atoms with van der Waals surface area (Å²) in [6, 6.07) is 2.02. The lowest BCUT2D eigenvalue weighted by atomic mass is 10.2. The van der Waals surface area contributed by atoms with Gasteiger partial charge in [-0.2, -0.15) is 5.26 Å². The molecule has 0 aliphatic carbocycles. The minimum absolute atomic E-state index is 0.392. The van der Waals surface area contributed by atoms with E-state index >= 15 is 0 Å². The average Bonchev–Trinajstić information content (AvgIpc) is 2.31. The molecule has 0 amide bonds. The molecule has 1 aromatic rings. The zero-order valence-electron chi connectivity index (χ0n) is 7.00. The minimum atomic E-state index is 0.392. The number of nitriles is 1. The molecule has 0 saturated heterocycles. The second-order valence-corrected chi connectivity index (χ2v) is 2.87. The van der Waals surface area contributed by atoms with E-state index in [0.717, 1.165) is 5.69 Å². The fourth-order valence-electron chi connectivity index (χ4n) is 0.872. The van der Waals surface area contributed by atoms with Crippen LogP contribution in [0.4, 0.5) is 0 Å². The third kappa shape index (κ3) is 1.40. The van der Waals surface area contributed by atoms with Crippen LogP contribution in [0.1, 0.15) is 31.3 Å². The highest BCUT2D eigenvalue weighted by molar-refractivity contribution is 5.17. The molecule has 0 saturated carbocycles. The van der Waals surface area contributed by atoms with Crippen molar-refractivity contribution in [3.8, 4) is 6.07 Å². The summed E-state index contributed by atoms with van der Waals surface area (Å²) in [5.41, 5.74) is 0.976. The molecule has 1 heterocycles. The second kappa shape index (κ2) is 2.75. The van der Waals surface area contributed by atoms with Gasteiger partial charge in [0.1, 0.15) is 6.07 Å². The van der Waals surface area contributed by atoms with Crippen LogP contribution < -0.4 is 0 Å². The van der Waals surface area contributed by atoms with E-state index in [-0.39, 0.29) is 0 Å². The van der Waals surface area contributed by atoms with Gasteiger partial charge in [0.25, 0.3) is 0 Å². The molecule has 58 valence electrons. The van der Waals surface area contributed by atoms with Crippen molar-refractivity contribution in [1.82, 2.24) is 9.55 Å². The van der Waals surface area contributed by atoms with Crippen LogP contribution in [0.5, 0.6) is 0 Å². The van der Waals surface area contributed by atoms with Gasteiger partial charge in [-0.25, -0.2) is 4.98 Å². The van der Waals surface area contributed by atoms with E-state index in [0.29, 0.717) is 11.7 Å². The Labute approximate surface area is 66.3 Å². The van der Waals surface area contributed by atoms with Gasteiger partial charge in [-0.05, 0) is 5.92 Å². The molecule has 0 N–H and O–H groups in total. The van der Waals surface area contributed by atoms with Gasteiger partial charge in [0.2, 0.25) is 5.82 Å². The SMILES string of the molecule is CC(C)c1cn(C)c(C#N)n1. The Balaban J connectivity index is 3.07. The maximum absolute atomic E-state index is 8.58. The van der Waals surface area contributed by atoms with Crippen molar-refractivity contribution in [2.75, 3.05) is 0 Å². The van der Waals surface area contributed by atoms with Crippen molar-refractivity contribution in [1.29, 1.82) is 5.26 Å². The van der Waals surface area contributed by atoms with Crippen LogP contribution in [0.2, 0.25) is 0 Å². The highest BCUT2D eigenvalue weighted by Crippen LogP contribution is 2.11. The van der Waals surface area contributed by atoms with Crippen LogP contribution >= 0.6 is 0 Å². The summed E-state index contributed by atoms with van der Waals surface area (Å²) >= 11 is 0. The third-order valence-electron chi connectivity index (χ3n) is 1.59. The number of aryl methyl sites for hydroxylation is 1. The van der Waals surface area contributed by atoms with Crippen molar-refractivity contribution < 1.29 is 0 Å². The monoisotopic (exact) mass is 149 g/mol. The third-order valence-corrected chi connectivity index (χ3v) is 1.59. The molecule has 1 aromatic heterocycles. The highest BCUT2D eigenvalue weighted by atomic mass is 15.0. The predicted octanol–water partition coefficient (Wildman–Crippen LogP) is 1.42. The van der Waals surface area contributed by atoms with E-state index in [1.165, 1.54) is 0 Å². The van der Waals surface area contributed by atoms with Gasteiger partial charge in [-0.1, -0.05) is 13.8 Å². The van der Waals surface area contributed by atoms with E-state index < -0.39 is 0 Å². The molecule has 0 aliphatic rings. The summed E-state index contributed by atoms with van der Waals surface area (Å²) < 4.78 is 1.75. The molecule has 3 nitrogen and oxygen atoms in total. The van der Waals surface area contributed by atoms with Gasteiger partial charge >= 0.3 is 0 Å². The molecule has 0 fully saturated rings. The zero-order valence-corrected chi connectivity index (χ0v) is 7.00. The fraction of sp³-hybridized carbons (Fsp3) is 0.500. The molecule has 3 heteroatoms. The van der Waals surface area contributed by atoms with Crippen LogP contribution in [0, 0.1) is 11.3 Å².